The molecule has 0 bridgehead atoms. The van der Waals surface area contributed by atoms with E-state index in [1.165, 1.54) is 0 Å². The second-order valence-corrected chi connectivity index (χ2v) is 9.09. The first kappa shape index (κ1) is 21.0. The van der Waals surface area contributed by atoms with E-state index in [9.17, 15) is 14.4 Å². The Balaban J connectivity index is 0.00000400. The van der Waals surface area contributed by atoms with Crippen LogP contribution in [0, 0.1) is 0 Å². The van der Waals surface area contributed by atoms with Crippen LogP contribution in [-0.2, 0) is 47.1 Å². The smallest absolute Gasteiger partial charge is 0.321 e. The van der Waals surface area contributed by atoms with Gasteiger partial charge in [-0.15, -0.1) is 0 Å². The Kier molecular flexibility index (Phi) is 9.24. The van der Waals surface area contributed by atoms with Crippen LogP contribution in [0.2, 0.25) is 0 Å². The van der Waals surface area contributed by atoms with E-state index < -0.39 is 19.4 Å². The van der Waals surface area contributed by atoms with Crippen molar-refractivity contribution < 1.29 is 57.3 Å². The summed E-state index contributed by atoms with van der Waals surface area (Å²) in [7, 11) is -0.113. The third-order valence-corrected chi connectivity index (χ3v) is 7.05. The number of hydrogen-bond acceptors (Lipinski definition) is 6. The zero-order valence-corrected chi connectivity index (χ0v) is 16.0. The molecule has 1 atom stereocenters. The van der Waals surface area contributed by atoms with Crippen LogP contribution in [-0.4, -0.2) is 95.5 Å². The summed E-state index contributed by atoms with van der Waals surface area (Å²) in [5.41, 5.74) is 0. The standard InChI is InChI=1S/C11H20N3O5P.Y/c1-12(5-10(16)17)20(2)8-13(3-4-15)7-14(9-20)6-11(18)19;/h3,5-9H2,1-2H3,(H,16,17)(H,18,19);. The first-order valence-electron chi connectivity index (χ1n) is 6.06. The molecule has 1 unspecified atom stereocenters. The second kappa shape index (κ2) is 9.23. The van der Waals surface area contributed by atoms with Gasteiger partial charge in [0.2, 0.25) is 0 Å². The van der Waals surface area contributed by atoms with Gasteiger partial charge in [0.25, 0.3) is 0 Å². The maximum Gasteiger partial charge on any atom is 0.321 e. The van der Waals surface area contributed by atoms with Crippen LogP contribution in [0.4, 0.5) is 0 Å². The SMILES string of the molecule is CN(CC(=O)O)[P+]1(C)CN(C[C-]=O)CN(CC(=O)O)C1.[Y]. The molecule has 1 rings (SSSR count). The van der Waals surface area contributed by atoms with Gasteiger partial charge >= 0.3 is 11.9 Å². The summed E-state index contributed by atoms with van der Waals surface area (Å²) in [4.78, 5) is 35.8. The van der Waals surface area contributed by atoms with E-state index in [1.807, 2.05) is 17.9 Å². The molecule has 10 heteroatoms. The van der Waals surface area contributed by atoms with E-state index in [1.54, 1.807) is 16.6 Å². The number of nitrogens with zero attached hydrogens (tertiary/aromatic N) is 3. The molecular formula is C11H20N3O5PY. The van der Waals surface area contributed by atoms with E-state index in [-0.39, 0.29) is 52.3 Å². The maximum atomic E-state index is 10.9. The Labute approximate surface area is 149 Å². The van der Waals surface area contributed by atoms with Crippen molar-refractivity contribution in [3.8, 4) is 0 Å². The fourth-order valence-electron chi connectivity index (χ4n) is 2.34. The van der Waals surface area contributed by atoms with Crippen molar-refractivity contribution >= 4 is 25.6 Å². The van der Waals surface area contributed by atoms with E-state index in [4.69, 9.17) is 10.2 Å². The van der Waals surface area contributed by atoms with Gasteiger partial charge in [0.05, 0.1) is 13.3 Å². The number of carbonyl (C=O) groups is 2. The van der Waals surface area contributed by atoms with Crippen molar-refractivity contribution in [2.24, 2.45) is 0 Å². The van der Waals surface area contributed by atoms with Crippen molar-refractivity contribution in [1.29, 1.82) is 0 Å². The molecule has 117 valence electrons. The van der Waals surface area contributed by atoms with Crippen molar-refractivity contribution in [3.05, 3.63) is 0 Å². The molecular weight excluding hydrogens is 374 g/mol. The van der Waals surface area contributed by atoms with Crippen LogP contribution in [0.3, 0.4) is 0 Å². The predicted octanol–water partition coefficient (Wildman–Crippen LogP) is -0.753. The predicted molar refractivity (Wildman–Crippen MR) is 74.5 cm³/mol. The first-order chi connectivity index (χ1) is 9.26. The van der Waals surface area contributed by atoms with Gasteiger partial charge in [0, 0.05) is 39.8 Å². The first-order valence-corrected chi connectivity index (χ1v) is 8.62. The van der Waals surface area contributed by atoms with Gasteiger partial charge in [-0.05, 0) is 0 Å². The van der Waals surface area contributed by atoms with Gasteiger partial charge in [-0.3, -0.25) is 14.5 Å². The van der Waals surface area contributed by atoms with Gasteiger partial charge in [-0.1, -0.05) is 6.54 Å². The molecule has 0 aromatic rings. The molecule has 1 aliphatic heterocycles. The van der Waals surface area contributed by atoms with Crippen molar-refractivity contribution in [2.45, 2.75) is 0 Å². The zero-order valence-electron chi connectivity index (χ0n) is 12.2. The van der Waals surface area contributed by atoms with Crippen LogP contribution in [0.1, 0.15) is 0 Å². The Morgan fingerprint density at radius 1 is 1.24 bits per heavy atom. The van der Waals surface area contributed by atoms with Gasteiger partial charge in [0.15, 0.2) is 0 Å². The number of aliphatic carboxylic acids is 2. The molecule has 2 N–H and O–H groups in total. The number of carboxylic acids is 2. The Morgan fingerprint density at radius 2 is 1.81 bits per heavy atom. The van der Waals surface area contributed by atoms with Gasteiger partial charge in [0.1, 0.15) is 33.1 Å². The monoisotopic (exact) mass is 394 g/mol. The van der Waals surface area contributed by atoms with Crippen molar-refractivity contribution in [2.75, 3.05) is 52.6 Å². The molecule has 0 aliphatic carbocycles. The molecule has 8 nitrogen and oxygen atoms in total. The summed E-state index contributed by atoms with van der Waals surface area (Å²) in [5, 5.41) is 17.8. The third-order valence-electron chi connectivity index (χ3n) is 3.24. The normalized spacial score (nSPS) is 23.6. The van der Waals surface area contributed by atoms with E-state index in [0.29, 0.717) is 19.2 Å². The molecule has 1 heterocycles. The van der Waals surface area contributed by atoms with Crippen molar-refractivity contribution in [3.63, 3.8) is 0 Å². The number of hydrogen-bond donors (Lipinski definition) is 2. The fraction of sp³-hybridized carbons (Fsp3) is 0.727. The quantitative estimate of drug-likeness (QED) is 0.430. The summed E-state index contributed by atoms with van der Waals surface area (Å²) in [5.74, 6) is -1.85. The largest absolute Gasteiger partial charge is 0.541 e. The molecule has 21 heavy (non-hydrogen) atoms. The molecule has 1 radical (unpaired) electrons. The van der Waals surface area contributed by atoms with Crippen LogP contribution >= 0.6 is 7.41 Å². The molecule has 1 aliphatic rings. The van der Waals surface area contributed by atoms with Crippen molar-refractivity contribution in [1.82, 2.24) is 14.5 Å². The Bertz CT molecular complexity index is 400. The number of carboxylic acid groups (broad SMARTS) is 2. The van der Waals surface area contributed by atoms with Crippen LogP contribution < -0.4 is 0 Å². The summed E-state index contributed by atoms with van der Waals surface area (Å²) in [6, 6.07) is 0. The average molecular weight is 394 g/mol. The topological polar surface area (TPSA) is 101 Å². The van der Waals surface area contributed by atoms with Crippen LogP contribution in [0.5, 0.6) is 0 Å². The minimum Gasteiger partial charge on any atom is -0.541 e. The summed E-state index contributed by atoms with van der Waals surface area (Å²) >= 11 is 0. The number of likely N-dealkylation sites (N-methyl/N-ethyl adjacent to an activating group) is 1. The molecule has 0 amide bonds. The summed E-state index contributed by atoms with van der Waals surface area (Å²) in [6.45, 7) is 2.25. The Morgan fingerprint density at radius 3 is 2.29 bits per heavy atom. The van der Waals surface area contributed by atoms with Crippen LogP contribution in [0.25, 0.3) is 0 Å². The fourth-order valence-corrected chi connectivity index (χ4v) is 5.43. The second-order valence-electron chi connectivity index (χ2n) is 5.17. The van der Waals surface area contributed by atoms with E-state index in [0.717, 1.165) is 0 Å². The molecule has 0 aromatic carbocycles. The van der Waals surface area contributed by atoms with Gasteiger partial charge < -0.3 is 15.0 Å². The van der Waals surface area contributed by atoms with Gasteiger partial charge in [-0.25, -0.2) is 11.2 Å². The summed E-state index contributed by atoms with van der Waals surface area (Å²) in [6.07, 6.45) is 2.95. The average Bonchev–Trinajstić information content (AvgIpc) is 2.26. The number of carbonyl (C=O) groups excluding carboxylic acids is 1. The molecule has 0 aromatic heterocycles. The molecule has 0 spiro atoms. The van der Waals surface area contributed by atoms with Crippen LogP contribution in [0.15, 0.2) is 0 Å². The molecule has 1 saturated heterocycles. The zero-order chi connectivity index (χ0) is 15.3. The minimum atomic E-state index is -1.84. The van der Waals surface area contributed by atoms with E-state index in [2.05, 4.69) is 0 Å². The van der Waals surface area contributed by atoms with E-state index >= 15 is 0 Å². The van der Waals surface area contributed by atoms with Gasteiger partial charge in [-0.2, -0.15) is 4.67 Å². The minimum absolute atomic E-state index is 0. The molecule has 0 saturated carbocycles. The molecule has 1 fully saturated rings. The number of rotatable bonds is 7. The Hall–Kier alpha value is 0.0239. The summed E-state index contributed by atoms with van der Waals surface area (Å²) < 4.78 is 1.78. The third kappa shape index (κ3) is 6.76. The maximum absolute atomic E-state index is 10.9.